The fourth-order valence-corrected chi connectivity index (χ4v) is 1.56. The van der Waals surface area contributed by atoms with Gasteiger partial charge in [-0.3, -0.25) is 4.79 Å². The fraction of sp³-hybridized carbons (Fsp3) is 0.909. The number of amides is 1. The second-order valence-corrected chi connectivity index (χ2v) is 4.09. The van der Waals surface area contributed by atoms with Crippen LogP contribution in [0.4, 0.5) is 0 Å². The van der Waals surface area contributed by atoms with Gasteiger partial charge in [0.15, 0.2) is 0 Å². The lowest BCUT2D eigenvalue weighted by molar-refractivity contribution is -0.120. The standard InChI is InChI=1S/C11H25N3O/c1-5-14(6-2)8-7-10(11(12)15)13-9(3)4/h9-10,13H,5-8H2,1-4H3,(H2,12,15). The molecule has 0 aromatic carbocycles. The summed E-state index contributed by atoms with van der Waals surface area (Å²) in [5, 5.41) is 3.18. The summed E-state index contributed by atoms with van der Waals surface area (Å²) < 4.78 is 0. The Morgan fingerprint density at radius 2 is 1.87 bits per heavy atom. The summed E-state index contributed by atoms with van der Waals surface area (Å²) in [6.45, 7) is 11.2. The molecule has 4 heteroatoms. The Morgan fingerprint density at radius 1 is 1.33 bits per heavy atom. The van der Waals surface area contributed by atoms with E-state index in [9.17, 15) is 4.79 Å². The van der Waals surface area contributed by atoms with E-state index in [1.807, 2.05) is 13.8 Å². The molecule has 0 heterocycles. The van der Waals surface area contributed by atoms with Crippen molar-refractivity contribution in [3.8, 4) is 0 Å². The van der Waals surface area contributed by atoms with E-state index in [1.165, 1.54) is 0 Å². The van der Waals surface area contributed by atoms with Crippen molar-refractivity contribution in [1.29, 1.82) is 0 Å². The van der Waals surface area contributed by atoms with E-state index in [4.69, 9.17) is 5.73 Å². The van der Waals surface area contributed by atoms with Crippen molar-refractivity contribution in [3.05, 3.63) is 0 Å². The van der Waals surface area contributed by atoms with Crippen LogP contribution in [0, 0.1) is 0 Å². The Bertz CT molecular complexity index is 179. The Hall–Kier alpha value is -0.610. The summed E-state index contributed by atoms with van der Waals surface area (Å²) in [6, 6.07) is 0.0878. The molecular formula is C11H25N3O. The molecule has 0 radical (unpaired) electrons. The molecule has 0 aliphatic rings. The zero-order valence-corrected chi connectivity index (χ0v) is 10.4. The monoisotopic (exact) mass is 215 g/mol. The third-order valence-corrected chi connectivity index (χ3v) is 2.51. The van der Waals surface area contributed by atoms with Crippen LogP contribution >= 0.6 is 0 Å². The van der Waals surface area contributed by atoms with Crippen LogP contribution in [0.3, 0.4) is 0 Å². The van der Waals surface area contributed by atoms with Gasteiger partial charge in [0, 0.05) is 12.6 Å². The topological polar surface area (TPSA) is 58.4 Å². The molecule has 1 amide bonds. The number of primary amides is 1. The summed E-state index contributed by atoms with van der Waals surface area (Å²) >= 11 is 0. The second kappa shape index (κ2) is 7.65. The minimum Gasteiger partial charge on any atom is -0.368 e. The predicted molar refractivity (Wildman–Crippen MR) is 63.7 cm³/mol. The van der Waals surface area contributed by atoms with E-state index in [1.54, 1.807) is 0 Å². The summed E-state index contributed by atoms with van der Waals surface area (Å²) in [5.74, 6) is -0.254. The maximum Gasteiger partial charge on any atom is 0.234 e. The number of carbonyl (C=O) groups excluding carboxylic acids is 1. The zero-order chi connectivity index (χ0) is 11.8. The van der Waals surface area contributed by atoms with Crippen LogP contribution in [-0.4, -0.2) is 42.5 Å². The summed E-state index contributed by atoms with van der Waals surface area (Å²) in [7, 11) is 0. The Kier molecular flexibility index (Phi) is 7.34. The van der Waals surface area contributed by atoms with E-state index in [-0.39, 0.29) is 11.9 Å². The van der Waals surface area contributed by atoms with Crippen molar-refractivity contribution in [2.24, 2.45) is 5.73 Å². The van der Waals surface area contributed by atoms with Gasteiger partial charge in [0.1, 0.15) is 0 Å². The highest BCUT2D eigenvalue weighted by Gasteiger charge is 2.16. The van der Waals surface area contributed by atoms with Crippen molar-refractivity contribution >= 4 is 5.91 Å². The highest BCUT2D eigenvalue weighted by Crippen LogP contribution is 1.97. The molecule has 3 N–H and O–H groups in total. The average molecular weight is 215 g/mol. The Balaban J connectivity index is 4.00. The lowest BCUT2D eigenvalue weighted by Gasteiger charge is -2.23. The molecule has 15 heavy (non-hydrogen) atoms. The van der Waals surface area contributed by atoms with E-state index >= 15 is 0 Å². The average Bonchev–Trinajstić information content (AvgIpc) is 2.16. The van der Waals surface area contributed by atoms with E-state index in [2.05, 4.69) is 24.1 Å². The van der Waals surface area contributed by atoms with Crippen molar-refractivity contribution in [3.63, 3.8) is 0 Å². The molecule has 4 nitrogen and oxygen atoms in total. The summed E-state index contributed by atoms with van der Waals surface area (Å²) in [4.78, 5) is 13.5. The van der Waals surface area contributed by atoms with Crippen molar-refractivity contribution < 1.29 is 4.79 Å². The molecule has 0 aliphatic heterocycles. The molecule has 0 aromatic rings. The molecule has 1 atom stereocenters. The first-order valence-electron chi connectivity index (χ1n) is 5.78. The number of hydrogen-bond acceptors (Lipinski definition) is 3. The maximum atomic E-state index is 11.2. The molecule has 0 aliphatic carbocycles. The third kappa shape index (κ3) is 6.47. The van der Waals surface area contributed by atoms with Gasteiger partial charge in [-0.2, -0.15) is 0 Å². The predicted octanol–water partition coefficient (Wildman–Crippen LogP) is 0.570. The lowest BCUT2D eigenvalue weighted by atomic mass is 10.1. The molecule has 0 fully saturated rings. The van der Waals surface area contributed by atoms with Gasteiger partial charge < -0.3 is 16.0 Å². The van der Waals surface area contributed by atoms with Crippen LogP contribution in [0.25, 0.3) is 0 Å². The number of nitrogens with one attached hydrogen (secondary N) is 1. The van der Waals surface area contributed by atoms with E-state index in [0.717, 1.165) is 26.1 Å². The minimum atomic E-state index is -0.254. The summed E-state index contributed by atoms with van der Waals surface area (Å²) in [5.41, 5.74) is 5.33. The second-order valence-electron chi connectivity index (χ2n) is 4.09. The summed E-state index contributed by atoms with van der Waals surface area (Å²) in [6.07, 6.45) is 0.787. The molecule has 0 rings (SSSR count). The molecule has 0 spiro atoms. The Morgan fingerprint density at radius 3 is 2.20 bits per heavy atom. The number of nitrogens with two attached hydrogens (primary N) is 1. The normalized spacial score (nSPS) is 13.5. The SMILES string of the molecule is CCN(CC)CCC(NC(C)C)C(N)=O. The Labute approximate surface area is 93.2 Å². The molecule has 0 saturated carbocycles. The van der Waals surface area contributed by atoms with Gasteiger partial charge >= 0.3 is 0 Å². The van der Waals surface area contributed by atoms with Crippen LogP contribution in [0.15, 0.2) is 0 Å². The lowest BCUT2D eigenvalue weighted by Crippen LogP contribution is -2.46. The molecule has 0 saturated heterocycles. The van der Waals surface area contributed by atoms with E-state index in [0.29, 0.717) is 6.04 Å². The van der Waals surface area contributed by atoms with Crippen LogP contribution in [-0.2, 0) is 4.79 Å². The minimum absolute atomic E-state index is 0.203. The molecule has 1 unspecified atom stereocenters. The quantitative estimate of drug-likeness (QED) is 0.622. The van der Waals surface area contributed by atoms with Gasteiger partial charge in [-0.25, -0.2) is 0 Å². The highest BCUT2D eigenvalue weighted by atomic mass is 16.1. The smallest absolute Gasteiger partial charge is 0.234 e. The third-order valence-electron chi connectivity index (χ3n) is 2.51. The van der Waals surface area contributed by atoms with Gasteiger partial charge in [0.05, 0.1) is 6.04 Å². The van der Waals surface area contributed by atoms with Crippen LogP contribution in [0.2, 0.25) is 0 Å². The van der Waals surface area contributed by atoms with Gasteiger partial charge in [0.2, 0.25) is 5.91 Å². The number of carbonyl (C=O) groups is 1. The molecule has 90 valence electrons. The van der Waals surface area contributed by atoms with Crippen LogP contribution < -0.4 is 11.1 Å². The van der Waals surface area contributed by atoms with E-state index < -0.39 is 0 Å². The maximum absolute atomic E-state index is 11.2. The fourth-order valence-electron chi connectivity index (χ4n) is 1.56. The van der Waals surface area contributed by atoms with Crippen molar-refractivity contribution in [1.82, 2.24) is 10.2 Å². The molecule has 0 aromatic heterocycles. The molecular weight excluding hydrogens is 190 g/mol. The van der Waals surface area contributed by atoms with Gasteiger partial charge in [0.25, 0.3) is 0 Å². The number of nitrogens with zero attached hydrogens (tertiary/aromatic N) is 1. The van der Waals surface area contributed by atoms with Crippen molar-refractivity contribution in [2.45, 2.75) is 46.2 Å². The zero-order valence-electron chi connectivity index (χ0n) is 10.4. The van der Waals surface area contributed by atoms with Gasteiger partial charge in [-0.1, -0.05) is 27.7 Å². The first kappa shape index (κ1) is 14.4. The van der Waals surface area contributed by atoms with Gasteiger partial charge in [-0.05, 0) is 19.5 Å². The van der Waals surface area contributed by atoms with Crippen molar-refractivity contribution in [2.75, 3.05) is 19.6 Å². The number of hydrogen-bond donors (Lipinski definition) is 2. The van der Waals surface area contributed by atoms with Crippen LogP contribution in [0.1, 0.15) is 34.1 Å². The number of rotatable bonds is 8. The molecule has 0 bridgehead atoms. The van der Waals surface area contributed by atoms with Crippen LogP contribution in [0.5, 0.6) is 0 Å². The highest BCUT2D eigenvalue weighted by molar-refractivity contribution is 5.79. The largest absolute Gasteiger partial charge is 0.368 e. The van der Waals surface area contributed by atoms with Gasteiger partial charge in [-0.15, -0.1) is 0 Å². The first-order chi connectivity index (χ1) is 7.01. The first-order valence-corrected chi connectivity index (χ1v) is 5.78.